The minimum Gasteiger partial charge on any atom is -0.361 e. The van der Waals surface area contributed by atoms with E-state index in [2.05, 4.69) is 15.1 Å². The molecule has 0 radical (unpaired) electrons. The van der Waals surface area contributed by atoms with E-state index in [-0.39, 0.29) is 0 Å². The van der Waals surface area contributed by atoms with Gasteiger partial charge in [-0.2, -0.15) is 0 Å². The maximum Gasteiger partial charge on any atom is 0.133 e. The number of nitrogens with zero attached hydrogens (tertiary/aromatic N) is 3. The third-order valence-electron chi connectivity index (χ3n) is 1.99. The molecule has 5 heteroatoms. The molecule has 0 saturated heterocycles. The van der Waals surface area contributed by atoms with Gasteiger partial charge in [0.1, 0.15) is 16.6 Å². The molecule has 0 atom stereocenters. The molecule has 0 aliphatic carbocycles. The maximum atomic E-state index is 5.00. The molecule has 0 aliphatic rings. The molecule has 0 fully saturated rings. The Labute approximate surface area is 98.5 Å². The fourth-order valence-corrected chi connectivity index (χ4v) is 2.27. The second-order valence-electron chi connectivity index (χ2n) is 3.61. The van der Waals surface area contributed by atoms with Crippen molar-refractivity contribution in [2.24, 2.45) is 0 Å². The van der Waals surface area contributed by atoms with Crippen molar-refractivity contribution in [1.82, 2.24) is 15.1 Å². The van der Waals surface area contributed by atoms with Gasteiger partial charge in [0.25, 0.3) is 0 Å². The van der Waals surface area contributed by atoms with Gasteiger partial charge in [-0.3, -0.25) is 0 Å². The van der Waals surface area contributed by atoms with Crippen LogP contribution in [0.25, 0.3) is 0 Å². The van der Waals surface area contributed by atoms with Crippen LogP contribution in [0.4, 0.5) is 0 Å². The molecule has 2 aromatic heterocycles. The first-order valence-electron chi connectivity index (χ1n) is 5.01. The van der Waals surface area contributed by atoms with E-state index in [0.29, 0.717) is 0 Å². The van der Waals surface area contributed by atoms with E-state index in [0.717, 1.165) is 33.8 Å². The molecule has 2 rings (SSSR count). The number of thioether (sulfide) groups is 1. The Bertz CT molecular complexity index is 475. The molecule has 0 saturated carbocycles. The number of aromatic nitrogens is 3. The van der Waals surface area contributed by atoms with E-state index in [9.17, 15) is 0 Å². The van der Waals surface area contributed by atoms with E-state index in [1.54, 1.807) is 11.8 Å². The van der Waals surface area contributed by atoms with Gasteiger partial charge in [-0.05, 0) is 26.8 Å². The van der Waals surface area contributed by atoms with Gasteiger partial charge in [0, 0.05) is 17.5 Å². The summed E-state index contributed by atoms with van der Waals surface area (Å²) in [5, 5.41) is 4.91. The second kappa shape index (κ2) is 4.65. The molecule has 2 aromatic rings. The lowest BCUT2D eigenvalue weighted by molar-refractivity contribution is 0.393. The van der Waals surface area contributed by atoms with Crippen molar-refractivity contribution in [3.05, 3.63) is 35.1 Å². The molecule has 16 heavy (non-hydrogen) atoms. The smallest absolute Gasteiger partial charge is 0.133 e. The van der Waals surface area contributed by atoms with E-state index < -0.39 is 0 Å². The number of hydrogen-bond donors (Lipinski definition) is 0. The zero-order chi connectivity index (χ0) is 11.5. The summed E-state index contributed by atoms with van der Waals surface area (Å²) in [6.07, 6.45) is 0. The lowest BCUT2D eigenvalue weighted by Gasteiger charge is -2.01. The van der Waals surface area contributed by atoms with Crippen molar-refractivity contribution in [2.75, 3.05) is 0 Å². The van der Waals surface area contributed by atoms with Crippen LogP contribution < -0.4 is 0 Å². The van der Waals surface area contributed by atoms with Gasteiger partial charge in [0.05, 0.1) is 5.69 Å². The highest BCUT2D eigenvalue weighted by Crippen LogP contribution is 2.21. The van der Waals surface area contributed by atoms with Gasteiger partial charge in [0.2, 0.25) is 0 Å². The lowest BCUT2D eigenvalue weighted by Crippen LogP contribution is -1.92. The minimum absolute atomic E-state index is 0.771. The van der Waals surface area contributed by atoms with Gasteiger partial charge in [0.15, 0.2) is 0 Å². The largest absolute Gasteiger partial charge is 0.361 e. The van der Waals surface area contributed by atoms with Gasteiger partial charge < -0.3 is 4.52 Å². The molecule has 0 aliphatic heterocycles. The van der Waals surface area contributed by atoms with E-state index in [1.807, 2.05) is 32.9 Å². The highest BCUT2D eigenvalue weighted by molar-refractivity contribution is 7.98. The van der Waals surface area contributed by atoms with Crippen LogP contribution in [0.5, 0.6) is 0 Å². The number of hydrogen-bond acceptors (Lipinski definition) is 5. The fourth-order valence-electron chi connectivity index (χ4n) is 1.39. The van der Waals surface area contributed by atoms with Crippen molar-refractivity contribution in [3.8, 4) is 0 Å². The zero-order valence-electron chi connectivity index (χ0n) is 9.52. The van der Waals surface area contributed by atoms with Crippen molar-refractivity contribution < 1.29 is 4.52 Å². The third-order valence-corrected chi connectivity index (χ3v) is 2.93. The summed E-state index contributed by atoms with van der Waals surface area (Å²) in [5.74, 6) is 2.41. The average Bonchev–Trinajstić information content (AvgIpc) is 2.60. The maximum absolute atomic E-state index is 5.00. The van der Waals surface area contributed by atoms with Crippen LogP contribution >= 0.6 is 11.8 Å². The van der Waals surface area contributed by atoms with Gasteiger partial charge >= 0.3 is 0 Å². The molecule has 2 heterocycles. The van der Waals surface area contributed by atoms with Crippen LogP contribution in [0.15, 0.2) is 21.7 Å². The Balaban J connectivity index is 2.04. The highest BCUT2D eigenvalue weighted by Gasteiger charge is 2.04. The molecule has 0 unspecified atom stereocenters. The molecule has 0 bridgehead atoms. The van der Waals surface area contributed by atoms with Crippen molar-refractivity contribution in [1.29, 1.82) is 0 Å². The minimum atomic E-state index is 0.771. The monoisotopic (exact) mass is 235 g/mol. The Morgan fingerprint density at radius 1 is 1.19 bits per heavy atom. The Morgan fingerprint density at radius 2 is 2.00 bits per heavy atom. The summed E-state index contributed by atoms with van der Waals surface area (Å²) in [6.45, 7) is 5.76. The normalized spacial score (nSPS) is 10.7. The quantitative estimate of drug-likeness (QED) is 0.604. The third kappa shape index (κ3) is 2.82. The fraction of sp³-hybridized carbons (Fsp3) is 0.364. The second-order valence-corrected chi connectivity index (χ2v) is 4.61. The summed E-state index contributed by atoms with van der Waals surface area (Å²) in [7, 11) is 0. The first kappa shape index (κ1) is 11.1. The number of aryl methyl sites for hydroxylation is 3. The van der Waals surface area contributed by atoms with Crippen molar-refractivity contribution in [3.63, 3.8) is 0 Å². The first-order valence-corrected chi connectivity index (χ1v) is 5.99. The summed E-state index contributed by atoms with van der Waals surface area (Å²) < 4.78 is 5.00. The van der Waals surface area contributed by atoms with Crippen LogP contribution in [0.1, 0.15) is 23.0 Å². The average molecular weight is 235 g/mol. The van der Waals surface area contributed by atoms with Crippen LogP contribution in [-0.4, -0.2) is 15.1 Å². The van der Waals surface area contributed by atoms with Gasteiger partial charge in [-0.1, -0.05) is 16.9 Å². The Morgan fingerprint density at radius 3 is 2.62 bits per heavy atom. The first-order chi connectivity index (χ1) is 7.63. The zero-order valence-corrected chi connectivity index (χ0v) is 10.3. The lowest BCUT2D eigenvalue weighted by atomic mass is 10.4. The van der Waals surface area contributed by atoms with Crippen LogP contribution in [0, 0.1) is 20.8 Å². The summed E-state index contributed by atoms with van der Waals surface area (Å²) in [6, 6.07) is 3.92. The summed E-state index contributed by atoms with van der Waals surface area (Å²) in [4.78, 5) is 8.58. The van der Waals surface area contributed by atoms with E-state index in [4.69, 9.17) is 4.52 Å². The summed E-state index contributed by atoms with van der Waals surface area (Å²) >= 11 is 1.64. The molecule has 84 valence electrons. The predicted octanol–water partition coefficient (Wildman–Crippen LogP) is 2.68. The Hall–Kier alpha value is -1.36. The van der Waals surface area contributed by atoms with Crippen LogP contribution in [0.3, 0.4) is 0 Å². The number of rotatable bonds is 3. The van der Waals surface area contributed by atoms with Gasteiger partial charge in [-0.25, -0.2) is 9.97 Å². The van der Waals surface area contributed by atoms with Gasteiger partial charge in [-0.15, -0.1) is 0 Å². The van der Waals surface area contributed by atoms with Crippen LogP contribution in [-0.2, 0) is 5.75 Å². The molecule has 0 spiro atoms. The van der Waals surface area contributed by atoms with E-state index >= 15 is 0 Å². The topological polar surface area (TPSA) is 51.8 Å². The molecular formula is C11H13N3OS. The molecule has 0 N–H and O–H groups in total. The molecular weight excluding hydrogens is 222 g/mol. The van der Waals surface area contributed by atoms with Crippen LogP contribution in [0.2, 0.25) is 0 Å². The molecule has 0 amide bonds. The molecule has 4 nitrogen and oxygen atoms in total. The molecule has 0 aromatic carbocycles. The Kier molecular flexibility index (Phi) is 3.24. The van der Waals surface area contributed by atoms with E-state index in [1.165, 1.54) is 0 Å². The SMILES string of the molecule is Cc1cc(SCc2cc(C)on2)nc(C)n1. The van der Waals surface area contributed by atoms with Crippen molar-refractivity contribution in [2.45, 2.75) is 31.6 Å². The predicted molar refractivity (Wildman–Crippen MR) is 62.3 cm³/mol. The summed E-state index contributed by atoms with van der Waals surface area (Å²) in [5.41, 5.74) is 1.93. The highest BCUT2D eigenvalue weighted by atomic mass is 32.2. The van der Waals surface area contributed by atoms with Crippen molar-refractivity contribution >= 4 is 11.8 Å². The standard InChI is InChI=1S/C11H13N3OS/c1-7-4-11(13-9(3)12-7)16-6-10-5-8(2)15-14-10/h4-5H,6H2,1-3H3.